The first-order valence-electron chi connectivity index (χ1n) is 4.18. The van der Waals surface area contributed by atoms with Gasteiger partial charge < -0.3 is 5.73 Å². The fraction of sp³-hybridized carbons (Fsp3) is 0.400. The van der Waals surface area contributed by atoms with E-state index in [1.54, 1.807) is 0 Å². The van der Waals surface area contributed by atoms with Crippen LogP contribution in [0.25, 0.3) is 0 Å². The molecule has 0 spiro atoms. The summed E-state index contributed by atoms with van der Waals surface area (Å²) in [5.41, 5.74) is 8.79. The number of rotatable bonds is 0. The van der Waals surface area contributed by atoms with E-state index in [1.165, 1.54) is 11.1 Å². The molecule has 2 heteroatoms. The minimum Gasteiger partial charge on any atom is -0.327 e. The third-order valence-corrected chi connectivity index (χ3v) is 2.38. The molecule has 1 aliphatic carbocycles. The fourth-order valence-electron chi connectivity index (χ4n) is 1.73. The lowest BCUT2D eigenvalue weighted by Crippen LogP contribution is -2.27. The number of nitrogens with two attached hydrogens (primary N) is 1. The lowest BCUT2D eigenvalue weighted by atomic mass is 9.89. The third-order valence-electron chi connectivity index (χ3n) is 2.38. The van der Waals surface area contributed by atoms with Crippen molar-refractivity contribution >= 4 is 12.4 Å². The molecule has 0 heterocycles. The van der Waals surface area contributed by atoms with E-state index in [9.17, 15) is 0 Å². The van der Waals surface area contributed by atoms with Gasteiger partial charge in [0.25, 0.3) is 0 Å². The molecule has 0 bridgehead atoms. The van der Waals surface area contributed by atoms with Crippen molar-refractivity contribution in [3.05, 3.63) is 35.4 Å². The lowest BCUT2D eigenvalue weighted by Gasteiger charge is -2.20. The average molecular weight is 184 g/mol. The van der Waals surface area contributed by atoms with Gasteiger partial charge in [-0.1, -0.05) is 24.3 Å². The molecule has 0 aliphatic heterocycles. The van der Waals surface area contributed by atoms with Crippen molar-refractivity contribution in [2.45, 2.75) is 25.3 Å². The van der Waals surface area contributed by atoms with Crippen molar-refractivity contribution in [1.82, 2.24) is 0 Å². The molecule has 0 aromatic heterocycles. The zero-order valence-electron chi connectivity index (χ0n) is 6.99. The monoisotopic (exact) mass is 183 g/mol. The Labute approximate surface area is 79.4 Å². The summed E-state index contributed by atoms with van der Waals surface area (Å²) in [6.07, 6.45) is 3.38. The molecule has 0 radical (unpaired) electrons. The van der Waals surface area contributed by atoms with E-state index in [2.05, 4.69) is 24.3 Å². The average Bonchev–Trinajstić information content (AvgIpc) is 2.04. The van der Waals surface area contributed by atoms with Crippen LogP contribution in [0.5, 0.6) is 0 Å². The maximum Gasteiger partial charge on any atom is 0.00825 e. The van der Waals surface area contributed by atoms with Gasteiger partial charge in [-0.15, -0.1) is 12.4 Å². The molecule has 0 fully saturated rings. The Morgan fingerprint density at radius 3 is 2.58 bits per heavy atom. The van der Waals surface area contributed by atoms with Gasteiger partial charge in [0, 0.05) is 6.04 Å². The van der Waals surface area contributed by atoms with Crippen molar-refractivity contribution in [2.75, 3.05) is 0 Å². The van der Waals surface area contributed by atoms with Crippen LogP contribution in [0.1, 0.15) is 17.5 Å². The summed E-state index contributed by atoms with van der Waals surface area (Å²) in [5.74, 6) is 0. The zero-order chi connectivity index (χ0) is 7.68. The van der Waals surface area contributed by atoms with Gasteiger partial charge in [-0.3, -0.25) is 0 Å². The smallest absolute Gasteiger partial charge is 0.00825 e. The normalized spacial score (nSPS) is 20.9. The van der Waals surface area contributed by atoms with Crippen LogP contribution in [0.4, 0.5) is 0 Å². The summed E-state index contributed by atoms with van der Waals surface area (Å²) in [6, 6.07) is 8.99. The first kappa shape index (κ1) is 9.56. The molecular formula is C10H14ClN. The second kappa shape index (κ2) is 3.92. The van der Waals surface area contributed by atoms with E-state index in [0.717, 1.165) is 19.3 Å². The topological polar surface area (TPSA) is 26.0 Å². The highest BCUT2D eigenvalue weighted by Gasteiger charge is 2.13. The van der Waals surface area contributed by atoms with Crippen molar-refractivity contribution in [2.24, 2.45) is 5.73 Å². The number of benzene rings is 1. The minimum absolute atomic E-state index is 0. The maximum absolute atomic E-state index is 5.85. The quantitative estimate of drug-likeness (QED) is 0.654. The van der Waals surface area contributed by atoms with Crippen LogP contribution < -0.4 is 5.73 Å². The van der Waals surface area contributed by atoms with Crippen molar-refractivity contribution < 1.29 is 0 Å². The van der Waals surface area contributed by atoms with Gasteiger partial charge in [0.2, 0.25) is 0 Å². The van der Waals surface area contributed by atoms with Crippen LogP contribution in [0.2, 0.25) is 0 Å². The van der Waals surface area contributed by atoms with Gasteiger partial charge >= 0.3 is 0 Å². The second-order valence-corrected chi connectivity index (χ2v) is 3.27. The van der Waals surface area contributed by atoms with Gasteiger partial charge in [0.1, 0.15) is 0 Å². The molecule has 0 saturated heterocycles. The highest BCUT2D eigenvalue weighted by Crippen LogP contribution is 2.19. The standard InChI is InChI=1S/C10H13N.ClH/c11-10-6-5-8-3-1-2-4-9(8)7-10;/h1-4,10H,5-7,11H2;1H. The number of halogens is 1. The summed E-state index contributed by atoms with van der Waals surface area (Å²) in [7, 11) is 0. The summed E-state index contributed by atoms with van der Waals surface area (Å²) < 4.78 is 0. The van der Waals surface area contributed by atoms with Gasteiger partial charge in [-0.25, -0.2) is 0 Å². The third kappa shape index (κ3) is 1.79. The summed E-state index contributed by atoms with van der Waals surface area (Å²) in [5, 5.41) is 0. The molecule has 0 amide bonds. The van der Waals surface area contributed by atoms with Gasteiger partial charge in [-0.05, 0) is 30.4 Å². The maximum atomic E-state index is 5.85. The number of hydrogen-bond acceptors (Lipinski definition) is 1. The molecule has 1 aromatic rings. The molecule has 1 aromatic carbocycles. The van der Waals surface area contributed by atoms with E-state index < -0.39 is 0 Å². The highest BCUT2D eigenvalue weighted by atomic mass is 35.5. The molecule has 1 atom stereocenters. The Morgan fingerprint density at radius 2 is 1.83 bits per heavy atom. The largest absolute Gasteiger partial charge is 0.327 e. The van der Waals surface area contributed by atoms with Crippen molar-refractivity contribution in [3.63, 3.8) is 0 Å². The van der Waals surface area contributed by atoms with Crippen LogP contribution in [0.15, 0.2) is 24.3 Å². The number of aryl methyl sites for hydroxylation is 1. The highest BCUT2D eigenvalue weighted by molar-refractivity contribution is 5.85. The van der Waals surface area contributed by atoms with Crippen LogP contribution in [-0.2, 0) is 12.8 Å². The SMILES string of the molecule is Cl.NC1CCc2ccccc2C1. The number of hydrogen-bond donors (Lipinski definition) is 1. The summed E-state index contributed by atoms with van der Waals surface area (Å²) >= 11 is 0. The first-order valence-corrected chi connectivity index (χ1v) is 4.18. The molecule has 1 unspecified atom stereocenters. The van der Waals surface area contributed by atoms with Crippen LogP contribution in [-0.4, -0.2) is 6.04 Å². The predicted molar refractivity (Wildman–Crippen MR) is 53.7 cm³/mol. The molecule has 2 N–H and O–H groups in total. The molecule has 1 aliphatic rings. The van der Waals surface area contributed by atoms with E-state index in [-0.39, 0.29) is 12.4 Å². The molecule has 2 rings (SSSR count). The fourth-order valence-corrected chi connectivity index (χ4v) is 1.73. The van der Waals surface area contributed by atoms with Crippen LogP contribution >= 0.6 is 12.4 Å². The van der Waals surface area contributed by atoms with Gasteiger partial charge in [0.05, 0.1) is 0 Å². The van der Waals surface area contributed by atoms with Crippen LogP contribution in [0, 0.1) is 0 Å². The van der Waals surface area contributed by atoms with Crippen molar-refractivity contribution in [3.8, 4) is 0 Å². The Kier molecular flexibility index (Phi) is 3.12. The molecule has 66 valence electrons. The van der Waals surface area contributed by atoms with Gasteiger partial charge in [0.15, 0.2) is 0 Å². The molecule has 0 saturated carbocycles. The first-order chi connectivity index (χ1) is 5.36. The minimum atomic E-state index is 0. The van der Waals surface area contributed by atoms with E-state index in [0.29, 0.717) is 6.04 Å². The Morgan fingerprint density at radius 1 is 1.17 bits per heavy atom. The van der Waals surface area contributed by atoms with E-state index in [1.807, 2.05) is 0 Å². The molecular weight excluding hydrogens is 170 g/mol. The zero-order valence-corrected chi connectivity index (χ0v) is 7.81. The Bertz CT molecular complexity index is 260. The van der Waals surface area contributed by atoms with Crippen molar-refractivity contribution in [1.29, 1.82) is 0 Å². The predicted octanol–water partition coefficient (Wildman–Crippen LogP) is 1.92. The summed E-state index contributed by atoms with van der Waals surface area (Å²) in [4.78, 5) is 0. The Balaban J connectivity index is 0.000000720. The van der Waals surface area contributed by atoms with Crippen LogP contribution in [0.3, 0.4) is 0 Å². The summed E-state index contributed by atoms with van der Waals surface area (Å²) in [6.45, 7) is 0. The molecule has 1 nitrogen and oxygen atoms in total. The number of fused-ring (bicyclic) bond motifs is 1. The van der Waals surface area contributed by atoms with E-state index >= 15 is 0 Å². The lowest BCUT2D eigenvalue weighted by molar-refractivity contribution is 0.576. The van der Waals surface area contributed by atoms with E-state index in [4.69, 9.17) is 5.73 Å². The second-order valence-electron chi connectivity index (χ2n) is 3.27. The van der Waals surface area contributed by atoms with Gasteiger partial charge in [-0.2, -0.15) is 0 Å². The Hall–Kier alpha value is -0.530. The molecule has 12 heavy (non-hydrogen) atoms.